The van der Waals surface area contributed by atoms with Gasteiger partial charge in [-0.05, 0) is 81.8 Å². The molecule has 0 unspecified atom stereocenters. The Morgan fingerprint density at radius 2 is 1.54 bits per heavy atom. The Balaban J connectivity index is 1.36. The van der Waals surface area contributed by atoms with Crippen molar-refractivity contribution >= 4 is 32.3 Å². The molecule has 8 rings (SSSR count). The van der Waals surface area contributed by atoms with Crippen molar-refractivity contribution in [2.75, 3.05) is 0 Å². The lowest BCUT2D eigenvalue weighted by Crippen LogP contribution is -2.07. The summed E-state index contributed by atoms with van der Waals surface area (Å²) < 4.78 is 6.91. The van der Waals surface area contributed by atoms with Gasteiger partial charge in [0.25, 0.3) is 0 Å². The number of benzene rings is 4. The second-order valence-corrected chi connectivity index (χ2v) is 11.7. The van der Waals surface area contributed by atoms with Crippen LogP contribution in [0.1, 0.15) is 74.8 Å². The monoisotopic (exact) mass is 483 g/mol. The summed E-state index contributed by atoms with van der Waals surface area (Å²) in [5, 5.41) is 7.67. The average Bonchev–Trinajstić information content (AvgIpc) is 3.47. The third kappa shape index (κ3) is 3.49. The van der Waals surface area contributed by atoms with E-state index in [1.165, 1.54) is 101 Å². The van der Waals surface area contributed by atoms with Gasteiger partial charge >= 0.3 is 0 Å². The minimum absolute atomic E-state index is 0.698. The first kappa shape index (κ1) is 21.7. The predicted molar refractivity (Wildman–Crippen MR) is 154 cm³/mol. The molecule has 4 aromatic carbocycles. The van der Waals surface area contributed by atoms with Crippen molar-refractivity contribution in [2.45, 2.75) is 70.1 Å². The summed E-state index contributed by atoms with van der Waals surface area (Å²) in [5.41, 5.74) is 5.12. The van der Waals surface area contributed by atoms with Crippen LogP contribution in [0.3, 0.4) is 0 Å². The lowest BCUT2D eigenvalue weighted by atomic mass is 9.83. The van der Waals surface area contributed by atoms with E-state index in [2.05, 4.69) is 60.7 Å². The van der Waals surface area contributed by atoms with Gasteiger partial charge in [0.15, 0.2) is 0 Å². The van der Waals surface area contributed by atoms with Gasteiger partial charge in [0.2, 0.25) is 0 Å². The maximum absolute atomic E-state index is 6.91. The molecule has 0 spiro atoms. The van der Waals surface area contributed by atoms with Gasteiger partial charge in [-0.15, -0.1) is 0 Å². The maximum Gasteiger partial charge on any atom is 0.140 e. The predicted octanol–water partition coefficient (Wildman–Crippen LogP) is 10.1. The number of rotatable bonds is 3. The van der Waals surface area contributed by atoms with Gasteiger partial charge in [-0.1, -0.05) is 87.4 Å². The first-order valence-corrected chi connectivity index (χ1v) is 14.4. The third-order valence-electron chi connectivity index (χ3n) is 9.47. The molecule has 0 saturated heterocycles. The molecule has 2 nitrogen and oxygen atoms in total. The zero-order valence-electron chi connectivity index (χ0n) is 21.4. The molecule has 2 heterocycles. The highest BCUT2D eigenvalue weighted by Crippen LogP contribution is 2.51. The fourth-order valence-corrected chi connectivity index (χ4v) is 7.57. The smallest absolute Gasteiger partial charge is 0.140 e. The Labute approximate surface area is 218 Å². The van der Waals surface area contributed by atoms with Crippen molar-refractivity contribution in [1.29, 1.82) is 0 Å². The van der Waals surface area contributed by atoms with Crippen LogP contribution >= 0.6 is 0 Å². The van der Waals surface area contributed by atoms with Gasteiger partial charge in [0.1, 0.15) is 11.5 Å². The SMILES string of the molecule is c1ccc2c(CC3CCCC3)c3c(cc2c1)-c1nccc2c1c(cc1ccc(C4CCCCC4)cc12)O3. The zero-order valence-corrected chi connectivity index (χ0v) is 21.4. The maximum atomic E-state index is 6.91. The lowest BCUT2D eigenvalue weighted by molar-refractivity contribution is 0.444. The van der Waals surface area contributed by atoms with E-state index in [9.17, 15) is 0 Å². The van der Waals surface area contributed by atoms with Crippen LogP contribution in [0.25, 0.3) is 43.6 Å². The molecule has 184 valence electrons. The first-order valence-electron chi connectivity index (χ1n) is 14.4. The molecule has 0 amide bonds. The fraction of sp³-hybridized carbons (Fsp3) is 0.343. The van der Waals surface area contributed by atoms with Crippen molar-refractivity contribution in [1.82, 2.24) is 4.98 Å². The molecule has 0 N–H and O–H groups in total. The van der Waals surface area contributed by atoms with Crippen LogP contribution in [-0.4, -0.2) is 4.98 Å². The summed E-state index contributed by atoms with van der Waals surface area (Å²) in [5.74, 6) is 3.45. The van der Waals surface area contributed by atoms with Gasteiger partial charge in [0, 0.05) is 17.3 Å². The van der Waals surface area contributed by atoms with Gasteiger partial charge in [-0.2, -0.15) is 0 Å². The molecular formula is C35H33NO. The Bertz CT molecular complexity index is 1670. The van der Waals surface area contributed by atoms with Crippen LogP contribution in [0.4, 0.5) is 0 Å². The molecule has 0 bridgehead atoms. The molecule has 2 aliphatic carbocycles. The highest BCUT2D eigenvalue weighted by Gasteiger charge is 2.28. The summed E-state index contributed by atoms with van der Waals surface area (Å²) in [6, 6.07) is 22.8. The van der Waals surface area contributed by atoms with E-state index in [1.54, 1.807) is 0 Å². The molecular weight excluding hydrogens is 450 g/mol. The molecule has 1 aliphatic heterocycles. The molecule has 2 fully saturated rings. The first-order chi connectivity index (χ1) is 18.3. The number of hydrogen-bond donors (Lipinski definition) is 0. The summed E-state index contributed by atoms with van der Waals surface area (Å²) in [4.78, 5) is 5.00. The molecule has 1 aromatic heterocycles. The summed E-state index contributed by atoms with van der Waals surface area (Å²) in [6.07, 6.45) is 15.2. The van der Waals surface area contributed by atoms with Crippen molar-refractivity contribution in [3.63, 3.8) is 0 Å². The highest BCUT2D eigenvalue weighted by molar-refractivity contribution is 6.16. The van der Waals surface area contributed by atoms with E-state index < -0.39 is 0 Å². The zero-order chi connectivity index (χ0) is 24.3. The Morgan fingerprint density at radius 1 is 0.730 bits per heavy atom. The van der Waals surface area contributed by atoms with Gasteiger partial charge in [0.05, 0.1) is 11.1 Å². The molecule has 2 heteroatoms. The lowest BCUT2D eigenvalue weighted by Gasteiger charge is -2.26. The van der Waals surface area contributed by atoms with E-state index in [4.69, 9.17) is 9.72 Å². The van der Waals surface area contributed by atoms with Crippen LogP contribution in [0.2, 0.25) is 0 Å². The topological polar surface area (TPSA) is 22.1 Å². The van der Waals surface area contributed by atoms with Crippen molar-refractivity contribution in [2.24, 2.45) is 5.92 Å². The van der Waals surface area contributed by atoms with E-state index in [0.29, 0.717) is 5.92 Å². The number of pyridine rings is 1. The van der Waals surface area contributed by atoms with Crippen LogP contribution in [0.15, 0.2) is 66.9 Å². The van der Waals surface area contributed by atoms with E-state index >= 15 is 0 Å². The van der Waals surface area contributed by atoms with Crippen LogP contribution in [0, 0.1) is 5.92 Å². The average molecular weight is 484 g/mol. The molecule has 5 aromatic rings. The summed E-state index contributed by atoms with van der Waals surface area (Å²) in [7, 11) is 0. The second-order valence-electron chi connectivity index (χ2n) is 11.7. The van der Waals surface area contributed by atoms with Crippen molar-refractivity contribution in [3.8, 4) is 22.8 Å². The minimum Gasteiger partial charge on any atom is -0.456 e. The van der Waals surface area contributed by atoms with Gasteiger partial charge in [-0.25, -0.2) is 0 Å². The van der Waals surface area contributed by atoms with E-state index in [1.807, 2.05) is 6.20 Å². The summed E-state index contributed by atoms with van der Waals surface area (Å²) in [6.45, 7) is 0. The molecule has 3 aliphatic rings. The van der Waals surface area contributed by atoms with Crippen LogP contribution in [0.5, 0.6) is 11.5 Å². The Kier molecular flexibility index (Phi) is 5.03. The second kappa shape index (κ2) is 8.58. The number of aromatic nitrogens is 1. The Morgan fingerprint density at radius 3 is 2.43 bits per heavy atom. The normalized spacial score (nSPS) is 17.9. The third-order valence-corrected chi connectivity index (χ3v) is 9.47. The number of hydrogen-bond acceptors (Lipinski definition) is 2. The van der Waals surface area contributed by atoms with E-state index in [-0.39, 0.29) is 0 Å². The summed E-state index contributed by atoms with van der Waals surface area (Å²) >= 11 is 0. The van der Waals surface area contributed by atoms with Crippen molar-refractivity contribution in [3.05, 3.63) is 78.0 Å². The van der Waals surface area contributed by atoms with Gasteiger partial charge in [-0.3, -0.25) is 4.98 Å². The quantitative estimate of drug-likeness (QED) is 0.234. The van der Waals surface area contributed by atoms with E-state index in [0.717, 1.165) is 35.1 Å². The van der Waals surface area contributed by atoms with Gasteiger partial charge < -0.3 is 4.74 Å². The molecule has 37 heavy (non-hydrogen) atoms. The molecule has 2 saturated carbocycles. The van der Waals surface area contributed by atoms with Crippen LogP contribution < -0.4 is 4.74 Å². The number of ether oxygens (including phenoxy) is 1. The Hall–Kier alpha value is -3.39. The molecule has 0 radical (unpaired) electrons. The standard InChI is InChI=1S/C35H33NO/c1-2-10-23(11-3-1)24-14-15-26-21-32-33-28(29(26)19-24)16-17-36-34(33)31-20-25-12-6-7-13-27(25)30(35(31)37-32)18-22-8-4-5-9-22/h6-7,12-17,19-23H,1-5,8-11,18H2. The number of fused-ring (bicyclic) bond motifs is 5. The molecule has 0 atom stereocenters. The van der Waals surface area contributed by atoms with Crippen molar-refractivity contribution < 1.29 is 4.74 Å². The van der Waals surface area contributed by atoms with Crippen LogP contribution in [-0.2, 0) is 6.42 Å². The fourth-order valence-electron chi connectivity index (χ4n) is 7.57. The number of nitrogens with zero attached hydrogens (tertiary/aromatic N) is 1. The highest BCUT2D eigenvalue weighted by atomic mass is 16.5. The minimum atomic E-state index is 0.698. The largest absolute Gasteiger partial charge is 0.456 e.